The lowest BCUT2D eigenvalue weighted by atomic mass is 10.2. The summed E-state index contributed by atoms with van der Waals surface area (Å²) in [5.74, 6) is 1.57. The number of alkyl halides is 1. The maximum atomic E-state index is 12.1. The van der Waals surface area contributed by atoms with Crippen LogP contribution in [0.3, 0.4) is 0 Å². The molecule has 0 bridgehead atoms. The van der Waals surface area contributed by atoms with Gasteiger partial charge in [-0.15, -0.1) is 11.8 Å². The second-order valence-electron chi connectivity index (χ2n) is 3.98. The molecule has 0 spiro atoms. The van der Waals surface area contributed by atoms with Gasteiger partial charge < -0.3 is 4.90 Å². The highest BCUT2D eigenvalue weighted by atomic mass is 79.9. The van der Waals surface area contributed by atoms with Gasteiger partial charge in [0.2, 0.25) is 5.91 Å². The average molecular weight is 278 g/mol. The number of likely N-dealkylation sites (tertiary alicyclic amines) is 1. The average Bonchev–Trinajstić information content (AvgIpc) is 2.87. The summed E-state index contributed by atoms with van der Waals surface area (Å²) in [5.41, 5.74) is 0. The van der Waals surface area contributed by atoms with Gasteiger partial charge in [0.1, 0.15) is 0 Å². The molecule has 2 unspecified atom stereocenters. The molecular formula is C10H16BrNOS. The fraction of sp³-hybridized carbons (Fsp3) is 0.900. The third kappa shape index (κ3) is 2.11. The van der Waals surface area contributed by atoms with Crippen LogP contribution in [0.25, 0.3) is 0 Å². The number of hydrogen-bond acceptors (Lipinski definition) is 2. The van der Waals surface area contributed by atoms with E-state index in [0.717, 1.165) is 18.3 Å². The fourth-order valence-electron chi connectivity index (χ4n) is 2.24. The number of hydrogen-bond donors (Lipinski definition) is 0. The second-order valence-corrected chi connectivity index (χ2v) is 5.94. The summed E-state index contributed by atoms with van der Waals surface area (Å²) >= 11 is 5.34. The molecule has 2 atom stereocenters. The summed E-state index contributed by atoms with van der Waals surface area (Å²) in [7, 11) is 0. The minimum Gasteiger partial charge on any atom is -0.338 e. The van der Waals surface area contributed by atoms with Crippen molar-refractivity contribution >= 4 is 33.6 Å². The van der Waals surface area contributed by atoms with Crippen LogP contribution in [0.2, 0.25) is 0 Å². The molecule has 1 amide bonds. The second kappa shape index (κ2) is 4.88. The molecular weight excluding hydrogens is 262 g/mol. The highest BCUT2D eigenvalue weighted by molar-refractivity contribution is 9.09. The van der Waals surface area contributed by atoms with E-state index in [1.54, 1.807) is 0 Å². The van der Waals surface area contributed by atoms with E-state index in [1.807, 2.05) is 11.8 Å². The smallest absolute Gasteiger partial charge is 0.235 e. The van der Waals surface area contributed by atoms with E-state index < -0.39 is 0 Å². The highest BCUT2D eigenvalue weighted by Gasteiger charge is 2.33. The first kappa shape index (κ1) is 10.8. The van der Waals surface area contributed by atoms with Crippen molar-refractivity contribution in [2.75, 3.05) is 17.6 Å². The molecule has 2 aliphatic heterocycles. The van der Waals surface area contributed by atoms with E-state index >= 15 is 0 Å². The van der Waals surface area contributed by atoms with E-state index in [-0.39, 0.29) is 5.25 Å². The molecule has 4 heteroatoms. The number of carbonyl (C=O) groups is 1. The molecule has 0 aromatic carbocycles. The Hall–Kier alpha value is 0.300. The van der Waals surface area contributed by atoms with Crippen molar-refractivity contribution in [3.05, 3.63) is 0 Å². The molecule has 2 rings (SSSR count). The van der Waals surface area contributed by atoms with Gasteiger partial charge >= 0.3 is 0 Å². The van der Waals surface area contributed by atoms with E-state index in [9.17, 15) is 4.79 Å². The predicted octanol–water partition coefficient (Wildman–Crippen LogP) is 2.27. The van der Waals surface area contributed by atoms with Crippen LogP contribution in [0.4, 0.5) is 0 Å². The Morgan fingerprint density at radius 1 is 1.43 bits per heavy atom. The highest BCUT2D eigenvalue weighted by Crippen LogP contribution is 2.30. The number of halogens is 1. The number of carbonyl (C=O) groups excluding carboxylic acids is 1. The Kier molecular flexibility index (Phi) is 3.77. The molecule has 0 aromatic rings. The summed E-state index contributed by atoms with van der Waals surface area (Å²) in [6.07, 6.45) is 4.66. The lowest BCUT2D eigenvalue weighted by molar-refractivity contribution is -0.131. The van der Waals surface area contributed by atoms with Crippen molar-refractivity contribution in [1.82, 2.24) is 4.90 Å². The van der Waals surface area contributed by atoms with Crippen LogP contribution >= 0.6 is 27.7 Å². The third-order valence-electron chi connectivity index (χ3n) is 3.04. The largest absolute Gasteiger partial charge is 0.338 e. The molecule has 0 aliphatic carbocycles. The fourth-order valence-corrected chi connectivity index (χ4v) is 4.15. The Balaban J connectivity index is 1.95. The van der Waals surface area contributed by atoms with E-state index in [1.165, 1.54) is 25.0 Å². The minimum atomic E-state index is 0.273. The molecule has 0 aromatic heterocycles. The lowest BCUT2D eigenvalue weighted by Gasteiger charge is -2.25. The normalized spacial score (nSPS) is 32.5. The van der Waals surface area contributed by atoms with Crippen LogP contribution in [-0.2, 0) is 4.79 Å². The van der Waals surface area contributed by atoms with Gasteiger partial charge in [-0.2, -0.15) is 0 Å². The monoisotopic (exact) mass is 277 g/mol. The Morgan fingerprint density at radius 2 is 2.29 bits per heavy atom. The SMILES string of the molecule is O=C(C1CCCS1)N1CCCC1CBr. The zero-order valence-electron chi connectivity index (χ0n) is 8.25. The minimum absolute atomic E-state index is 0.273. The van der Waals surface area contributed by atoms with Gasteiger partial charge in [-0.3, -0.25) is 4.79 Å². The standard InChI is InChI=1S/C10H16BrNOS/c11-7-8-3-1-5-12(8)10(13)9-4-2-6-14-9/h8-9H,1-7H2. The molecule has 2 aliphatic rings. The maximum Gasteiger partial charge on any atom is 0.235 e. The van der Waals surface area contributed by atoms with Crippen LogP contribution in [0.5, 0.6) is 0 Å². The van der Waals surface area contributed by atoms with Gasteiger partial charge in [-0.05, 0) is 31.4 Å². The van der Waals surface area contributed by atoms with Crippen LogP contribution < -0.4 is 0 Å². The maximum absolute atomic E-state index is 12.1. The van der Waals surface area contributed by atoms with Crippen LogP contribution in [0.15, 0.2) is 0 Å². The number of rotatable bonds is 2. The van der Waals surface area contributed by atoms with E-state index in [0.29, 0.717) is 11.9 Å². The predicted molar refractivity (Wildman–Crippen MR) is 64.0 cm³/mol. The van der Waals surface area contributed by atoms with Crippen molar-refractivity contribution in [1.29, 1.82) is 0 Å². The van der Waals surface area contributed by atoms with Gasteiger partial charge in [-0.25, -0.2) is 0 Å². The van der Waals surface area contributed by atoms with Crippen molar-refractivity contribution in [3.8, 4) is 0 Å². The first-order valence-electron chi connectivity index (χ1n) is 5.31. The summed E-state index contributed by atoms with van der Waals surface area (Å²) in [6, 6.07) is 0.462. The van der Waals surface area contributed by atoms with Crippen molar-refractivity contribution < 1.29 is 4.79 Å². The van der Waals surface area contributed by atoms with Gasteiger partial charge in [0.25, 0.3) is 0 Å². The summed E-state index contributed by atoms with van der Waals surface area (Å²) in [6.45, 7) is 0.978. The molecule has 2 nitrogen and oxygen atoms in total. The zero-order chi connectivity index (χ0) is 9.97. The van der Waals surface area contributed by atoms with Crippen molar-refractivity contribution in [2.24, 2.45) is 0 Å². The van der Waals surface area contributed by atoms with Gasteiger partial charge in [0, 0.05) is 17.9 Å². The molecule has 14 heavy (non-hydrogen) atoms. The van der Waals surface area contributed by atoms with Crippen LogP contribution in [-0.4, -0.2) is 39.7 Å². The number of thioether (sulfide) groups is 1. The summed E-state index contributed by atoms with van der Waals surface area (Å²) in [4.78, 5) is 14.2. The van der Waals surface area contributed by atoms with Crippen molar-refractivity contribution in [2.45, 2.75) is 37.0 Å². The Bertz CT molecular complexity index is 218. The van der Waals surface area contributed by atoms with E-state index in [2.05, 4.69) is 20.8 Å². The Morgan fingerprint density at radius 3 is 2.93 bits per heavy atom. The van der Waals surface area contributed by atoms with Gasteiger partial charge in [-0.1, -0.05) is 15.9 Å². The lowest BCUT2D eigenvalue weighted by Crippen LogP contribution is -2.41. The van der Waals surface area contributed by atoms with E-state index in [4.69, 9.17) is 0 Å². The Labute approximate surface area is 97.9 Å². The molecule has 80 valence electrons. The molecule has 0 saturated carbocycles. The van der Waals surface area contributed by atoms with Gasteiger partial charge in [0.15, 0.2) is 0 Å². The van der Waals surface area contributed by atoms with Gasteiger partial charge in [0.05, 0.1) is 5.25 Å². The van der Waals surface area contributed by atoms with Crippen LogP contribution in [0, 0.1) is 0 Å². The van der Waals surface area contributed by atoms with Crippen LogP contribution in [0.1, 0.15) is 25.7 Å². The molecule has 2 saturated heterocycles. The topological polar surface area (TPSA) is 20.3 Å². The summed E-state index contributed by atoms with van der Waals surface area (Å²) in [5, 5.41) is 1.21. The van der Waals surface area contributed by atoms with Crippen molar-refractivity contribution in [3.63, 3.8) is 0 Å². The third-order valence-corrected chi connectivity index (χ3v) is 5.15. The molecule has 0 N–H and O–H groups in total. The first-order valence-corrected chi connectivity index (χ1v) is 7.48. The molecule has 0 radical (unpaired) electrons. The molecule has 2 heterocycles. The number of amides is 1. The number of nitrogens with zero attached hydrogens (tertiary/aromatic N) is 1. The molecule has 2 fully saturated rings. The zero-order valence-corrected chi connectivity index (χ0v) is 10.6. The first-order chi connectivity index (χ1) is 6.83. The summed E-state index contributed by atoms with van der Waals surface area (Å²) < 4.78 is 0. The quantitative estimate of drug-likeness (QED) is 0.722.